The highest BCUT2D eigenvalue weighted by Crippen LogP contribution is 2.44. The molecule has 10 heteroatoms. The summed E-state index contributed by atoms with van der Waals surface area (Å²) in [5.74, 6) is -0.371. The number of nitrogens with one attached hydrogen (secondary N) is 3. The number of nitriles is 1. The second kappa shape index (κ2) is 9.60. The maximum absolute atomic E-state index is 13.3. The van der Waals surface area contributed by atoms with Crippen LogP contribution in [-0.4, -0.2) is 62.1 Å². The molecule has 1 saturated carbocycles. The summed E-state index contributed by atoms with van der Waals surface area (Å²) in [5.41, 5.74) is 3.56. The fourth-order valence-corrected chi connectivity index (χ4v) is 9.05. The Kier molecular flexibility index (Phi) is 6.79. The van der Waals surface area contributed by atoms with Crippen LogP contribution in [0.3, 0.4) is 0 Å². The first-order valence-corrected chi connectivity index (χ1v) is 14.6. The Hall–Kier alpha value is -2.19. The van der Waals surface area contributed by atoms with Gasteiger partial charge in [0.1, 0.15) is 6.17 Å². The molecule has 3 saturated heterocycles. The fraction of sp³-hybridized carbons (Fsp3) is 0.692. The highest BCUT2D eigenvalue weighted by atomic mass is 32.2. The summed E-state index contributed by atoms with van der Waals surface area (Å²) in [6, 6.07) is 9.18. The minimum Gasteiger partial charge on any atom is -0.379 e. The molecule has 4 fully saturated rings. The van der Waals surface area contributed by atoms with E-state index in [1.807, 2.05) is 13.8 Å². The molecule has 1 aromatic carbocycles. The third kappa shape index (κ3) is 4.40. The van der Waals surface area contributed by atoms with Crippen LogP contribution in [0.5, 0.6) is 0 Å². The Balaban J connectivity index is 1.37. The van der Waals surface area contributed by atoms with Crippen LogP contribution in [0.4, 0.5) is 5.69 Å². The molecule has 3 heterocycles. The number of nitrogens with zero attached hydrogens (tertiary/aromatic N) is 2. The minimum atomic E-state index is -3.42. The Morgan fingerprint density at radius 2 is 1.97 bits per heavy atom. The van der Waals surface area contributed by atoms with E-state index in [9.17, 15) is 18.5 Å². The first-order chi connectivity index (χ1) is 17.2. The van der Waals surface area contributed by atoms with Gasteiger partial charge in [-0.2, -0.15) is 5.26 Å². The summed E-state index contributed by atoms with van der Waals surface area (Å²) >= 11 is 0. The molecule has 1 aromatic rings. The van der Waals surface area contributed by atoms with Crippen molar-refractivity contribution in [3.8, 4) is 6.07 Å². The number of hydrogen-bond donors (Lipinski definition) is 3. The summed E-state index contributed by atoms with van der Waals surface area (Å²) in [5, 5.41) is 17.8. The molecule has 0 bridgehead atoms. The maximum Gasteiger partial charge on any atom is 0.228 e. The van der Waals surface area contributed by atoms with Gasteiger partial charge in [0, 0.05) is 24.9 Å². The Labute approximate surface area is 213 Å². The van der Waals surface area contributed by atoms with Crippen molar-refractivity contribution < 1.29 is 17.9 Å². The quantitative estimate of drug-likeness (QED) is 0.528. The molecule has 1 amide bonds. The fourth-order valence-electron chi connectivity index (χ4n) is 6.77. The zero-order valence-electron chi connectivity index (χ0n) is 21.1. The van der Waals surface area contributed by atoms with Crippen molar-refractivity contribution in [1.82, 2.24) is 15.8 Å². The van der Waals surface area contributed by atoms with Crippen LogP contribution in [0.15, 0.2) is 29.2 Å². The predicted octanol–water partition coefficient (Wildman–Crippen LogP) is 2.56. The monoisotopic (exact) mass is 515 g/mol. The van der Waals surface area contributed by atoms with Crippen molar-refractivity contribution in [2.75, 3.05) is 25.1 Å². The molecule has 0 aromatic heterocycles. The number of carbonyl (C=O) groups is 1. The zero-order valence-corrected chi connectivity index (χ0v) is 21.9. The van der Waals surface area contributed by atoms with Crippen molar-refractivity contribution in [3.05, 3.63) is 24.3 Å². The number of amides is 1. The van der Waals surface area contributed by atoms with Gasteiger partial charge in [0.25, 0.3) is 0 Å². The molecular weight excluding hydrogens is 478 g/mol. The van der Waals surface area contributed by atoms with E-state index in [4.69, 9.17) is 4.74 Å². The van der Waals surface area contributed by atoms with Crippen LogP contribution in [0.2, 0.25) is 0 Å². The average molecular weight is 516 g/mol. The normalized spacial score (nSPS) is 34.5. The second-order valence-corrected chi connectivity index (χ2v) is 13.6. The van der Waals surface area contributed by atoms with Gasteiger partial charge in [-0.25, -0.2) is 18.9 Å². The molecule has 9 nitrogen and oxygen atoms in total. The Morgan fingerprint density at radius 1 is 1.19 bits per heavy atom. The molecule has 5 rings (SSSR count). The van der Waals surface area contributed by atoms with Gasteiger partial charge < -0.3 is 15.4 Å². The van der Waals surface area contributed by atoms with Crippen molar-refractivity contribution in [2.45, 2.75) is 86.7 Å². The van der Waals surface area contributed by atoms with E-state index in [0.29, 0.717) is 37.5 Å². The van der Waals surface area contributed by atoms with Crippen LogP contribution in [0, 0.1) is 22.7 Å². The lowest BCUT2D eigenvalue weighted by molar-refractivity contribution is -0.130. The van der Waals surface area contributed by atoms with Crippen molar-refractivity contribution in [2.24, 2.45) is 11.3 Å². The topological polar surface area (TPSA) is 124 Å². The number of sulfone groups is 1. The number of ether oxygens (including phenoxy) is 1. The van der Waals surface area contributed by atoms with Gasteiger partial charge in [-0.1, -0.05) is 20.3 Å². The highest BCUT2D eigenvalue weighted by molar-refractivity contribution is 7.92. The molecule has 196 valence electrons. The van der Waals surface area contributed by atoms with Crippen molar-refractivity contribution in [3.63, 3.8) is 0 Å². The molecule has 4 aliphatic rings. The summed E-state index contributed by atoms with van der Waals surface area (Å²) in [4.78, 5) is 13.3. The number of piperidine rings is 1. The first kappa shape index (κ1) is 25.5. The summed E-state index contributed by atoms with van der Waals surface area (Å²) in [7, 11) is -3.42. The van der Waals surface area contributed by atoms with E-state index in [2.05, 4.69) is 27.1 Å². The smallest absolute Gasteiger partial charge is 0.228 e. The van der Waals surface area contributed by atoms with Gasteiger partial charge in [-0.3, -0.25) is 4.79 Å². The third-order valence-corrected chi connectivity index (χ3v) is 11.2. The lowest BCUT2D eigenvalue weighted by atomic mass is 9.84. The molecule has 3 aliphatic heterocycles. The van der Waals surface area contributed by atoms with Gasteiger partial charge in [0.05, 0.1) is 40.7 Å². The van der Waals surface area contributed by atoms with Crippen molar-refractivity contribution in [1.29, 1.82) is 5.26 Å². The van der Waals surface area contributed by atoms with E-state index >= 15 is 0 Å². The van der Waals surface area contributed by atoms with Crippen LogP contribution in [-0.2, 0) is 19.4 Å². The van der Waals surface area contributed by atoms with Gasteiger partial charge in [-0.05, 0) is 61.8 Å². The summed E-state index contributed by atoms with van der Waals surface area (Å²) < 4.78 is 32.4. The van der Waals surface area contributed by atoms with E-state index in [-0.39, 0.29) is 34.7 Å². The van der Waals surface area contributed by atoms with Crippen LogP contribution in [0.25, 0.3) is 0 Å². The number of carbonyl (C=O) groups excluding carboxylic acids is 1. The number of benzene rings is 1. The van der Waals surface area contributed by atoms with Crippen LogP contribution >= 0.6 is 0 Å². The molecule has 0 radical (unpaired) electrons. The standard InChI is InChI=1S/C26H37N5O4S/c1-25(2)11-3-5-21(25)36(33,34)19-8-6-18(7-9-19)29-23-22-20(10-15-28-24(22)32)31(30-23)26(13-14-27)12-4-16-35-17-26/h6-9,20-23,29-30H,3-5,10-13,15-17H2,1-2H3,(H,28,32)/t20?,21?,22?,23?,26-/m0/s1. The Bertz CT molecular complexity index is 1120. The Morgan fingerprint density at radius 3 is 2.61 bits per heavy atom. The van der Waals surface area contributed by atoms with Crippen LogP contribution in [0.1, 0.15) is 58.8 Å². The van der Waals surface area contributed by atoms with Crippen molar-refractivity contribution >= 4 is 21.4 Å². The van der Waals surface area contributed by atoms with Gasteiger partial charge in [0.2, 0.25) is 5.91 Å². The molecule has 3 N–H and O–H groups in total. The van der Waals surface area contributed by atoms with E-state index in [1.165, 1.54) is 0 Å². The molecule has 4 unspecified atom stereocenters. The lowest BCUT2D eigenvalue weighted by Crippen LogP contribution is -2.61. The minimum absolute atomic E-state index is 0.0229. The highest BCUT2D eigenvalue weighted by Gasteiger charge is 2.55. The molecule has 5 atom stereocenters. The molecule has 1 aliphatic carbocycles. The number of hydrazine groups is 1. The van der Waals surface area contributed by atoms with Crippen LogP contribution < -0.4 is 16.1 Å². The lowest BCUT2D eigenvalue weighted by Gasteiger charge is -2.46. The maximum atomic E-state index is 13.3. The van der Waals surface area contributed by atoms with Gasteiger partial charge in [0.15, 0.2) is 9.84 Å². The molecule has 0 spiro atoms. The van der Waals surface area contributed by atoms with Gasteiger partial charge >= 0.3 is 0 Å². The third-order valence-electron chi connectivity index (χ3n) is 8.68. The molecule has 36 heavy (non-hydrogen) atoms. The zero-order chi connectivity index (χ0) is 25.6. The van der Waals surface area contributed by atoms with Gasteiger partial charge in [-0.15, -0.1) is 0 Å². The van der Waals surface area contributed by atoms with E-state index in [0.717, 1.165) is 37.8 Å². The summed E-state index contributed by atoms with van der Waals surface area (Å²) in [6.45, 7) is 5.81. The SMILES string of the molecule is CC1(C)CCCC1S(=O)(=O)c1ccc(NC2NN([C@]3(CC#N)CCCOC3)C3CCNC(=O)C23)cc1. The summed E-state index contributed by atoms with van der Waals surface area (Å²) in [6.07, 6.45) is 4.97. The second-order valence-electron chi connectivity index (χ2n) is 11.4. The number of rotatable bonds is 6. The number of fused-ring (bicyclic) bond motifs is 1. The number of hydrogen-bond acceptors (Lipinski definition) is 8. The van der Waals surface area contributed by atoms with E-state index < -0.39 is 15.4 Å². The predicted molar refractivity (Wildman–Crippen MR) is 135 cm³/mol. The van der Waals surface area contributed by atoms with E-state index in [1.54, 1.807) is 24.3 Å². The first-order valence-electron chi connectivity index (χ1n) is 13.1. The number of anilines is 1. The average Bonchev–Trinajstić information content (AvgIpc) is 3.41. The largest absolute Gasteiger partial charge is 0.379 e. The molecular formula is C26H37N5O4S.